The van der Waals surface area contributed by atoms with E-state index in [0.29, 0.717) is 0 Å². The van der Waals surface area contributed by atoms with Crippen molar-refractivity contribution in [3.05, 3.63) is 0 Å². The van der Waals surface area contributed by atoms with Crippen LogP contribution in [-0.4, -0.2) is 29.5 Å². The van der Waals surface area contributed by atoms with Crippen molar-refractivity contribution in [1.82, 2.24) is 0 Å². The Kier molecular flexibility index (Phi) is 2.40. The summed E-state index contributed by atoms with van der Waals surface area (Å²) in [5.41, 5.74) is -0.961. The zero-order valence-corrected chi connectivity index (χ0v) is 7.81. The molecular formula is C8H11F3O3. The van der Waals surface area contributed by atoms with Gasteiger partial charge in [0.2, 0.25) is 0 Å². The Morgan fingerprint density at radius 2 is 1.93 bits per heavy atom. The Morgan fingerprint density at radius 3 is 2.29 bits per heavy atom. The number of hydrogen-bond acceptors (Lipinski definition) is 3. The van der Waals surface area contributed by atoms with Crippen molar-refractivity contribution in [2.45, 2.75) is 32.2 Å². The number of hydrogen-bond donors (Lipinski definition) is 1. The van der Waals surface area contributed by atoms with Crippen LogP contribution in [0.15, 0.2) is 0 Å². The second kappa shape index (κ2) is 2.93. The fraction of sp³-hybridized carbons (Fsp3) is 0.875. The van der Waals surface area contributed by atoms with Gasteiger partial charge in [-0.15, -0.1) is 0 Å². The van der Waals surface area contributed by atoms with E-state index in [1.165, 1.54) is 13.8 Å². The Hall–Kier alpha value is -0.620. The first-order valence-corrected chi connectivity index (χ1v) is 4.05. The van der Waals surface area contributed by atoms with Gasteiger partial charge in [-0.25, -0.2) is 0 Å². The molecule has 1 heterocycles. The number of carbonyl (C=O) groups is 1. The highest BCUT2D eigenvalue weighted by atomic mass is 19.4. The van der Waals surface area contributed by atoms with E-state index < -0.39 is 36.2 Å². The smallest absolute Gasteiger partial charge is 0.358 e. The van der Waals surface area contributed by atoms with Crippen molar-refractivity contribution in [3.8, 4) is 0 Å². The van der Waals surface area contributed by atoms with Crippen molar-refractivity contribution in [1.29, 1.82) is 0 Å². The molecule has 1 rings (SSSR count). The van der Waals surface area contributed by atoms with Crippen molar-refractivity contribution in [2.24, 2.45) is 5.41 Å². The first-order valence-electron chi connectivity index (χ1n) is 4.05. The van der Waals surface area contributed by atoms with E-state index in [2.05, 4.69) is 4.74 Å². The van der Waals surface area contributed by atoms with E-state index in [-0.39, 0.29) is 0 Å². The molecule has 0 saturated carbocycles. The summed E-state index contributed by atoms with van der Waals surface area (Å²) < 4.78 is 41.0. The predicted octanol–water partition coefficient (Wildman–Crippen LogP) is 1.25. The number of alkyl halides is 3. The van der Waals surface area contributed by atoms with Gasteiger partial charge in [-0.3, -0.25) is 4.79 Å². The third kappa shape index (κ3) is 1.76. The largest absolute Gasteiger partial charge is 0.443 e. The molecule has 1 saturated heterocycles. The van der Waals surface area contributed by atoms with Crippen LogP contribution in [-0.2, 0) is 9.53 Å². The van der Waals surface area contributed by atoms with Crippen LogP contribution in [0.1, 0.15) is 20.3 Å². The number of halogens is 3. The molecule has 0 radical (unpaired) electrons. The van der Waals surface area contributed by atoms with Gasteiger partial charge in [-0.05, 0) is 0 Å². The summed E-state index contributed by atoms with van der Waals surface area (Å²) in [6.07, 6.45) is -5.97. The van der Waals surface area contributed by atoms with Crippen LogP contribution in [0.4, 0.5) is 13.2 Å². The molecule has 1 N–H and O–H groups in total. The standard InChI is InChI=1S/C8H11F3O3/c1-6(2)4-14-7(13,3-5(6)12)8(9,10)11/h13H,3-4H2,1-2H3/t7-/m1/s1. The predicted molar refractivity (Wildman–Crippen MR) is 40.4 cm³/mol. The number of aliphatic hydroxyl groups is 1. The third-order valence-electron chi connectivity index (χ3n) is 2.27. The molecule has 0 aromatic heterocycles. The van der Waals surface area contributed by atoms with Crippen LogP contribution in [0.2, 0.25) is 0 Å². The lowest BCUT2D eigenvalue weighted by Crippen LogP contribution is -2.56. The fourth-order valence-electron chi connectivity index (χ4n) is 1.07. The molecule has 0 aliphatic carbocycles. The number of ketones is 1. The van der Waals surface area contributed by atoms with Crippen molar-refractivity contribution < 1.29 is 27.8 Å². The molecule has 6 heteroatoms. The minimum absolute atomic E-state index is 0.429. The maximum Gasteiger partial charge on any atom is 0.443 e. The molecular weight excluding hydrogens is 201 g/mol. The molecule has 0 amide bonds. The van der Waals surface area contributed by atoms with Crippen LogP contribution in [0.5, 0.6) is 0 Å². The summed E-state index contributed by atoms with van der Waals surface area (Å²) in [4.78, 5) is 11.2. The minimum Gasteiger partial charge on any atom is -0.358 e. The molecule has 0 aromatic rings. The Morgan fingerprint density at radius 1 is 1.43 bits per heavy atom. The molecule has 0 bridgehead atoms. The van der Waals surface area contributed by atoms with Crippen LogP contribution in [0.3, 0.4) is 0 Å². The Labute approximate surface area is 78.9 Å². The topological polar surface area (TPSA) is 46.5 Å². The fourth-order valence-corrected chi connectivity index (χ4v) is 1.07. The molecule has 1 fully saturated rings. The van der Waals surface area contributed by atoms with Gasteiger partial charge in [0.15, 0.2) is 0 Å². The van der Waals surface area contributed by atoms with Gasteiger partial charge in [0.1, 0.15) is 5.78 Å². The van der Waals surface area contributed by atoms with Crippen molar-refractivity contribution in [2.75, 3.05) is 6.61 Å². The summed E-state index contributed by atoms with van der Waals surface area (Å²) in [7, 11) is 0. The lowest BCUT2D eigenvalue weighted by Gasteiger charge is -2.39. The van der Waals surface area contributed by atoms with Gasteiger partial charge in [-0.1, -0.05) is 13.8 Å². The average molecular weight is 212 g/mol. The quantitative estimate of drug-likeness (QED) is 0.657. The van der Waals surface area contributed by atoms with E-state index in [9.17, 15) is 18.0 Å². The van der Waals surface area contributed by atoms with Crippen molar-refractivity contribution in [3.63, 3.8) is 0 Å². The summed E-state index contributed by atoms with van der Waals surface area (Å²) in [6, 6.07) is 0. The molecule has 1 atom stereocenters. The normalized spacial score (nSPS) is 33.1. The SMILES string of the molecule is CC1(C)CO[C@@](O)(C(F)(F)F)CC1=O. The van der Waals surface area contributed by atoms with E-state index in [1.807, 2.05) is 0 Å². The molecule has 0 unspecified atom stereocenters. The van der Waals surface area contributed by atoms with Crippen LogP contribution in [0.25, 0.3) is 0 Å². The van der Waals surface area contributed by atoms with Crippen LogP contribution >= 0.6 is 0 Å². The Balaban J connectivity index is 2.87. The highest BCUT2D eigenvalue weighted by molar-refractivity contribution is 5.85. The van der Waals surface area contributed by atoms with Gasteiger partial charge in [0.05, 0.1) is 13.0 Å². The second-order valence-electron chi connectivity index (χ2n) is 4.05. The number of ether oxygens (including phenoxy) is 1. The maximum atomic E-state index is 12.2. The zero-order valence-electron chi connectivity index (χ0n) is 7.81. The lowest BCUT2D eigenvalue weighted by atomic mass is 9.82. The van der Waals surface area contributed by atoms with Gasteiger partial charge in [0.25, 0.3) is 5.79 Å². The molecule has 0 spiro atoms. The van der Waals surface area contributed by atoms with Crippen LogP contribution in [0, 0.1) is 5.41 Å². The first-order chi connectivity index (χ1) is 6.08. The van der Waals surface area contributed by atoms with E-state index in [1.54, 1.807) is 0 Å². The second-order valence-corrected chi connectivity index (χ2v) is 4.05. The maximum absolute atomic E-state index is 12.2. The number of carbonyl (C=O) groups excluding carboxylic acids is 1. The highest BCUT2D eigenvalue weighted by Crippen LogP contribution is 2.41. The average Bonchev–Trinajstić information content (AvgIpc) is 1.96. The molecule has 1 aliphatic rings. The molecule has 3 nitrogen and oxygen atoms in total. The lowest BCUT2D eigenvalue weighted by molar-refractivity contribution is -0.375. The molecule has 82 valence electrons. The summed E-state index contributed by atoms with van der Waals surface area (Å²) in [5.74, 6) is -3.96. The molecule has 0 aromatic carbocycles. The molecule has 14 heavy (non-hydrogen) atoms. The van der Waals surface area contributed by atoms with E-state index in [0.717, 1.165) is 0 Å². The highest BCUT2D eigenvalue weighted by Gasteiger charge is 2.60. The van der Waals surface area contributed by atoms with Gasteiger partial charge >= 0.3 is 6.18 Å². The van der Waals surface area contributed by atoms with Crippen LogP contribution < -0.4 is 0 Å². The number of Topliss-reactive ketones (excluding diaryl/α,β-unsaturated/α-hetero) is 1. The van der Waals surface area contributed by atoms with Crippen molar-refractivity contribution >= 4 is 5.78 Å². The summed E-state index contributed by atoms with van der Waals surface area (Å²) in [6.45, 7) is 2.53. The van der Waals surface area contributed by atoms with Gasteiger partial charge in [0, 0.05) is 5.41 Å². The summed E-state index contributed by atoms with van der Waals surface area (Å²) >= 11 is 0. The monoisotopic (exact) mass is 212 g/mol. The Bertz CT molecular complexity index is 259. The molecule has 1 aliphatic heterocycles. The number of rotatable bonds is 0. The summed E-state index contributed by atoms with van der Waals surface area (Å²) in [5, 5.41) is 9.04. The first kappa shape index (κ1) is 11.5. The third-order valence-corrected chi connectivity index (χ3v) is 2.27. The van der Waals surface area contributed by atoms with Gasteiger partial charge < -0.3 is 9.84 Å². The van der Waals surface area contributed by atoms with Gasteiger partial charge in [-0.2, -0.15) is 13.2 Å². The van der Waals surface area contributed by atoms with E-state index in [4.69, 9.17) is 5.11 Å². The zero-order chi connectivity index (χ0) is 11.2. The van der Waals surface area contributed by atoms with E-state index >= 15 is 0 Å². The minimum atomic E-state index is -4.93.